The van der Waals surface area contributed by atoms with E-state index in [0.29, 0.717) is 5.57 Å². The molecule has 0 aromatic carbocycles. The maximum atomic E-state index is 11.4. The van der Waals surface area contributed by atoms with E-state index in [4.69, 9.17) is 9.47 Å². The Labute approximate surface area is 88.0 Å². The highest BCUT2D eigenvalue weighted by Gasteiger charge is 2.44. The number of rotatable bonds is 3. The van der Waals surface area contributed by atoms with Crippen LogP contribution < -0.4 is 0 Å². The lowest BCUT2D eigenvalue weighted by Crippen LogP contribution is -2.32. The lowest BCUT2D eigenvalue weighted by Gasteiger charge is -2.23. The molecule has 1 aliphatic heterocycles. The predicted octanol–water partition coefficient (Wildman–Crippen LogP) is 0.438. The molecule has 0 bridgehead atoms. The summed E-state index contributed by atoms with van der Waals surface area (Å²) in [7, 11) is 2.73. The first-order chi connectivity index (χ1) is 6.96. The molecular formula is C10H14O5. The molecule has 0 spiro atoms. The largest absolute Gasteiger partial charge is 0.465 e. The highest BCUT2D eigenvalue weighted by atomic mass is 16.6. The summed E-state index contributed by atoms with van der Waals surface area (Å²) in [5, 5.41) is 0. The van der Waals surface area contributed by atoms with Crippen molar-refractivity contribution in [2.75, 3.05) is 20.8 Å². The van der Waals surface area contributed by atoms with Crippen molar-refractivity contribution < 1.29 is 23.8 Å². The van der Waals surface area contributed by atoms with Crippen LogP contribution in [0.1, 0.15) is 13.8 Å². The van der Waals surface area contributed by atoms with Crippen LogP contribution >= 0.6 is 0 Å². The van der Waals surface area contributed by atoms with Crippen LogP contribution in [0.5, 0.6) is 0 Å². The first-order valence-corrected chi connectivity index (χ1v) is 4.48. The van der Waals surface area contributed by atoms with Crippen molar-refractivity contribution in [2.45, 2.75) is 19.4 Å². The number of carbonyl (C=O) groups excluding carboxylic acids is 2. The van der Waals surface area contributed by atoms with Crippen LogP contribution in [0.25, 0.3) is 0 Å². The highest BCUT2D eigenvalue weighted by Crippen LogP contribution is 2.32. The van der Waals surface area contributed by atoms with Crippen LogP contribution in [-0.4, -0.2) is 38.4 Å². The molecule has 0 saturated carbocycles. The van der Waals surface area contributed by atoms with Gasteiger partial charge in [0.25, 0.3) is 0 Å². The fraction of sp³-hybridized carbons (Fsp3) is 0.600. The summed E-state index contributed by atoms with van der Waals surface area (Å²) in [4.78, 5) is 22.7. The molecule has 0 radical (unpaired) electrons. The molecule has 0 saturated heterocycles. The minimum absolute atomic E-state index is 0.0305. The van der Waals surface area contributed by atoms with E-state index in [1.165, 1.54) is 14.2 Å². The van der Waals surface area contributed by atoms with Crippen molar-refractivity contribution in [2.24, 2.45) is 0 Å². The molecule has 0 aromatic rings. The molecule has 0 N–H and O–H groups in total. The number of carbonyl (C=O) groups is 2. The standard InChI is InChI=1S/C10H14O5/c1-6-7(8(11)14-4)9(12)15-10(6,2)5-13-3/h5H2,1-4H3/t10-/m1/s1. The smallest absolute Gasteiger partial charge is 0.346 e. The van der Waals surface area contributed by atoms with Gasteiger partial charge in [0.2, 0.25) is 0 Å². The average molecular weight is 214 g/mol. The third kappa shape index (κ3) is 1.87. The summed E-state index contributed by atoms with van der Waals surface area (Å²) in [6.07, 6.45) is 0. The SMILES string of the molecule is COC[C@@]1(C)OC(=O)C(C(=O)OC)=C1C. The summed E-state index contributed by atoms with van der Waals surface area (Å²) in [5.74, 6) is -1.32. The summed E-state index contributed by atoms with van der Waals surface area (Å²) >= 11 is 0. The summed E-state index contributed by atoms with van der Waals surface area (Å²) in [5.41, 5.74) is -0.353. The van der Waals surface area contributed by atoms with E-state index in [-0.39, 0.29) is 12.2 Å². The zero-order valence-electron chi connectivity index (χ0n) is 9.25. The molecule has 1 rings (SSSR count). The molecule has 15 heavy (non-hydrogen) atoms. The van der Waals surface area contributed by atoms with Crippen LogP contribution in [0.3, 0.4) is 0 Å². The Morgan fingerprint density at radius 3 is 2.53 bits per heavy atom. The van der Waals surface area contributed by atoms with E-state index in [9.17, 15) is 9.59 Å². The van der Waals surface area contributed by atoms with Gasteiger partial charge in [-0.1, -0.05) is 0 Å². The summed E-state index contributed by atoms with van der Waals surface area (Å²) in [6, 6.07) is 0. The second-order valence-electron chi connectivity index (χ2n) is 3.54. The van der Waals surface area contributed by atoms with E-state index in [2.05, 4.69) is 4.74 Å². The van der Waals surface area contributed by atoms with Gasteiger partial charge in [0.15, 0.2) is 5.60 Å². The maximum Gasteiger partial charge on any atom is 0.346 e. The van der Waals surface area contributed by atoms with E-state index >= 15 is 0 Å². The van der Waals surface area contributed by atoms with Gasteiger partial charge < -0.3 is 14.2 Å². The zero-order chi connectivity index (χ0) is 11.6. The first-order valence-electron chi connectivity index (χ1n) is 4.48. The van der Waals surface area contributed by atoms with Gasteiger partial charge in [-0.3, -0.25) is 0 Å². The van der Waals surface area contributed by atoms with Gasteiger partial charge in [0.05, 0.1) is 13.7 Å². The van der Waals surface area contributed by atoms with Crippen LogP contribution in [0, 0.1) is 0 Å². The molecule has 0 amide bonds. The molecule has 0 aliphatic carbocycles. The number of methoxy groups -OCH3 is 2. The molecule has 1 heterocycles. The fourth-order valence-electron chi connectivity index (χ4n) is 1.50. The molecule has 0 unspecified atom stereocenters. The average Bonchev–Trinajstić information content (AvgIpc) is 2.38. The predicted molar refractivity (Wildman–Crippen MR) is 51.1 cm³/mol. The Morgan fingerprint density at radius 2 is 2.07 bits per heavy atom. The Bertz CT molecular complexity index is 331. The number of cyclic esters (lactones) is 1. The fourth-order valence-corrected chi connectivity index (χ4v) is 1.50. The lowest BCUT2D eigenvalue weighted by atomic mass is 9.96. The number of ether oxygens (including phenoxy) is 3. The van der Waals surface area contributed by atoms with Crippen LogP contribution in [0.15, 0.2) is 11.1 Å². The van der Waals surface area contributed by atoms with Gasteiger partial charge in [-0.2, -0.15) is 0 Å². The van der Waals surface area contributed by atoms with Crippen molar-refractivity contribution in [3.63, 3.8) is 0 Å². The number of hydrogen-bond donors (Lipinski definition) is 0. The molecule has 1 aliphatic rings. The van der Waals surface area contributed by atoms with Gasteiger partial charge in [-0.15, -0.1) is 0 Å². The lowest BCUT2D eigenvalue weighted by molar-refractivity contribution is -0.151. The minimum atomic E-state index is -0.866. The third-order valence-electron chi connectivity index (χ3n) is 2.50. The van der Waals surface area contributed by atoms with Gasteiger partial charge >= 0.3 is 11.9 Å². The molecule has 1 atom stereocenters. The van der Waals surface area contributed by atoms with Crippen molar-refractivity contribution in [1.29, 1.82) is 0 Å². The molecular weight excluding hydrogens is 200 g/mol. The Kier molecular flexibility index (Phi) is 3.14. The van der Waals surface area contributed by atoms with E-state index in [1.54, 1.807) is 13.8 Å². The van der Waals surface area contributed by atoms with Crippen molar-refractivity contribution in [1.82, 2.24) is 0 Å². The first kappa shape index (κ1) is 11.7. The number of esters is 2. The third-order valence-corrected chi connectivity index (χ3v) is 2.50. The van der Waals surface area contributed by atoms with Gasteiger partial charge in [0, 0.05) is 7.11 Å². The second-order valence-corrected chi connectivity index (χ2v) is 3.54. The van der Waals surface area contributed by atoms with Gasteiger partial charge in [-0.05, 0) is 19.4 Å². The molecule has 5 nitrogen and oxygen atoms in total. The quantitative estimate of drug-likeness (QED) is 0.504. The van der Waals surface area contributed by atoms with Crippen LogP contribution in [0.2, 0.25) is 0 Å². The topological polar surface area (TPSA) is 61.8 Å². The molecule has 5 heteroatoms. The minimum Gasteiger partial charge on any atom is -0.465 e. The van der Waals surface area contributed by atoms with Crippen LogP contribution in [-0.2, 0) is 23.8 Å². The van der Waals surface area contributed by atoms with Crippen molar-refractivity contribution in [3.8, 4) is 0 Å². The highest BCUT2D eigenvalue weighted by molar-refractivity contribution is 6.16. The van der Waals surface area contributed by atoms with Crippen molar-refractivity contribution in [3.05, 3.63) is 11.1 Å². The Hall–Kier alpha value is -1.36. The van der Waals surface area contributed by atoms with E-state index in [1.807, 2.05) is 0 Å². The number of hydrogen-bond acceptors (Lipinski definition) is 5. The summed E-state index contributed by atoms with van der Waals surface area (Å²) in [6.45, 7) is 3.57. The Morgan fingerprint density at radius 1 is 1.47 bits per heavy atom. The van der Waals surface area contributed by atoms with E-state index < -0.39 is 17.5 Å². The Balaban J connectivity index is 3.08. The van der Waals surface area contributed by atoms with Crippen LogP contribution in [0.4, 0.5) is 0 Å². The molecule has 84 valence electrons. The monoisotopic (exact) mass is 214 g/mol. The van der Waals surface area contributed by atoms with Crippen molar-refractivity contribution >= 4 is 11.9 Å². The normalized spacial score (nSPS) is 25.5. The van der Waals surface area contributed by atoms with Gasteiger partial charge in [-0.25, -0.2) is 9.59 Å². The zero-order valence-corrected chi connectivity index (χ0v) is 9.25. The summed E-state index contributed by atoms with van der Waals surface area (Å²) < 4.78 is 14.6. The second kappa shape index (κ2) is 4.02. The maximum absolute atomic E-state index is 11.4. The molecule has 0 fully saturated rings. The molecule has 0 aromatic heterocycles. The van der Waals surface area contributed by atoms with E-state index in [0.717, 1.165) is 0 Å². The van der Waals surface area contributed by atoms with Gasteiger partial charge in [0.1, 0.15) is 5.57 Å².